The van der Waals surface area contributed by atoms with Crippen LogP contribution in [0.2, 0.25) is 0 Å². The summed E-state index contributed by atoms with van der Waals surface area (Å²) < 4.78 is 13.0. The molecule has 1 fully saturated rings. The Labute approximate surface area is 141 Å². The molecule has 0 spiro atoms. The summed E-state index contributed by atoms with van der Waals surface area (Å²) in [6.07, 6.45) is -0.0805. The Hall–Kier alpha value is -2.12. The number of fused-ring (bicyclic) bond motifs is 1. The number of carbonyl (C=O) groups is 1. The van der Waals surface area contributed by atoms with Crippen molar-refractivity contribution < 1.29 is 14.3 Å². The van der Waals surface area contributed by atoms with Crippen molar-refractivity contribution in [2.45, 2.75) is 25.6 Å². The van der Waals surface area contributed by atoms with E-state index >= 15 is 0 Å². The molecule has 0 saturated carbocycles. The number of ether oxygens (including phenoxy) is 2. The van der Waals surface area contributed by atoms with E-state index in [4.69, 9.17) is 9.47 Å². The minimum Gasteiger partial charge on any atom is -0.376 e. The van der Waals surface area contributed by atoms with Crippen LogP contribution in [0.25, 0.3) is 11.0 Å². The van der Waals surface area contributed by atoms with Gasteiger partial charge in [-0.3, -0.25) is 0 Å². The lowest BCUT2D eigenvalue weighted by Gasteiger charge is -2.23. The Morgan fingerprint density at radius 3 is 3.00 bits per heavy atom. The van der Waals surface area contributed by atoms with Crippen LogP contribution in [-0.2, 0) is 23.1 Å². The van der Waals surface area contributed by atoms with Crippen LogP contribution >= 0.6 is 0 Å². The number of nitrogens with one attached hydrogen (secondary N) is 1. The molecule has 7 heteroatoms. The minimum atomic E-state index is -0.151. The average Bonchev–Trinajstić information content (AvgIpc) is 3.13. The fraction of sp³-hybridized carbons (Fsp3) is 0.529. The highest BCUT2D eigenvalue weighted by atomic mass is 16.5. The molecule has 1 aromatic carbocycles. The predicted octanol–water partition coefficient (Wildman–Crippen LogP) is 1.52. The highest BCUT2D eigenvalue weighted by Crippen LogP contribution is 2.15. The number of aryl methyl sites for hydroxylation is 1. The zero-order chi connectivity index (χ0) is 17.1. The maximum absolute atomic E-state index is 12.4. The zero-order valence-corrected chi connectivity index (χ0v) is 14.4. The molecule has 130 valence electrons. The number of hydrogen-bond acceptors (Lipinski definition) is 4. The summed E-state index contributed by atoms with van der Waals surface area (Å²) in [5, 5.41) is 2.99. The van der Waals surface area contributed by atoms with Crippen molar-refractivity contribution in [1.82, 2.24) is 19.8 Å². The smallest absolute Gasteiger partial charge is 0.317 e. The van der Waals surface area contributed by atoms with Crippen molar-refractivity contribution >= 4 is 17.1 Å². The molecule has 7 nitrogen and oxygen atoms in total. The van der Waals surface area contributed by atoms with Gasteiger partial charge in [-0.05, 0) is 19.1 Å². The Balaban J connectivity index is 1.64. The molecule has 24 heavy (non-hydrogen) atoms. The first-order valence-electron chi connectivity index (χ1n) is 8.21. The van der Waals surface area contributed by atoms with Gasteiger partial charge in [-0.1, -0.05) is 12.1 Å². The molecule has 1 aliphatic heterocycles. The van der Waals surface area contributed by atoms with Gasteiger partial charge in [0.1, 0.15) is 11.9 Å². The topological polar surface area (TPSA) is 68.6 Å². The molecule has 1 saturated heterocycles. The van der Waals surface area contributed by atoms with E-state index in [1.807, 2.05) is 42.8 Å². The van der Waals surface area contributed by atoms with Gasteiger partial charge in [0.2, 0.25) is 0 Å². The number of carbonyl (C=O) groups excluding carboxylic acids is 1. The lowest BCUT2D eigenvalue weighted by Crippen LogP contribution is -2.48. The summed E-state index contributed by atoms with van der Waals surface area (Å²) in [5.41, 5.74) is 1.99. The molecule has 3 rings (SSSR count). The van der Waals surface area contributed by atoms with Gasteiger partial charge in [-0.25, -0.2) is 9.78 Å². The maximum atomic E-state index is 12.4. The summed E-state index contributed by atoms with van der Waals surface area (Å²) in [6, 6.07) is 7.68. The third kappa shape index (κ3) is 3.37. The van der Waals surface area contributed by atoms with Crippen molar-refractivity contribution in [2.75, 3.05) is 26.9 Å². The van der Waals surface area contributed by atoms with E-state index in [9.17, 15) is 4.79 Å². The fourth-order valence-corrected chi connectivity index (χ4v) is 2.94. The van der Waals surface area contributed by atoms with Crippen LogP contribution in [0.15, 0.2) is 24.3 Å². The molecule has 0 aliphatic carbocycles. The fourth-order valence-electron chi connectivity index (χ4n) is 2.94. The van der Waals surface area contributed by atoms with Crippen LogP contribution < -0.4 is 5.32 Å². The van der Waals surface area contributed by atoms with Crippen molar-refractivity contribution in [3.63, 3.8) is 0 Å². The van der Waals surface area contributed by atoms with Crippen LogP contribution in [-0.4, -0.2) is 59.5 Å². The summed E-state index contributed by atoms with van der Waals surface area (Å²) in [6.45, 7) is 3.98. The number of urea groups is 1. The lowest BCUT2D eigenvalue weighted by molar-refractivity contribution is 0.0419. The second-order valence-electron chi connectivity index (χ2n) is 6.02. The zero-order valence-electron chi connectivity index (χ0n) is 14.4. The van der Waals surface area contributed by atoms with Crippen molar-refractivity contribution in [2.24, 2.45) is 7.05 Å². The van der Waals surface area contributed by atoms with Crippen LogP contribution in [0.5, 0.6) is 0 Å². The number of rotatable bonds is 5. The Morgan fingerprint density at radius 2 is 2.25 bits per heavy atom. The summed E-state index contributed by atoms with van der Waals surface area (Å²) in [5.74, 6) is 0.845. The summed E-state index contributed by atoms with van der Waals surface area (Å²) in [7, 11) is 3.73. The molecule has 2 aromatic rings. The molecule has 1 N–H and O–H groups in total. The van der Waals surface area contributed by atoms with E-state index in [2.05, 4.69) is 10.3 Å². The molecular weight excluding hydrogens is 308 g/mol. The van der Waals surface area contributed by atoms with Gasteiger partial charge in [0.15, 0.2) is 0 Å². The average molecular weight is 332 g/mol. The number of nitrogens with zero attached hydrogens (tertiary/aromatic N) is 3. The van der Waals surface area contributed by atoms with E-state index in [1.165, 1.54) is 0 Å². The first kappa shape index (κ1) is 16.7. The molecule has 2 heterocycles. The largest absolute Gasteiger partial charge is 0.376 e. The molecule has 0 radical (unpaired) electrons. The molecule has 2 unspecified atom stereocenters. The normalized spacial score (nSPS) is 20.5. The highest BCUT2D eigenvalue weighted by molar-refractivity contribution is 5.76. The van der Waals surface area contributed by atoms with E-state index in [0.29, 0.717) is 26.4 Å². The molecular formula is C17H24N4O3. The van der Waals surface area contributed by atoms with Crippen molar-refractivity contribution in [3.8, 4) is 0 Å². The number of hydrogen-bond donors (Lipinski definition) is 1. The van der Waals surface area contributed by atoms with Crippen LogP contribution in [0.4, 0.5) is 4.79 Å². The van der Waals surface area contributed by atoms with Gasteiger partial charge in [0, 0.05) is 20.7 Å². The predicted molar refractivity (Wildman–Crippen MR) is 90.7 cm³/mol. The first-order valence-corrected chi connectivity index (χ1v) is 8.21. The van der Waals surface area contributed by atoms with E-state index < -0.39 is 0 Å². The highest BCUT2D eigenvalue weighted by Gasteiger charge is 2.31. The molecule has 0 bridgehead atoms. The number of benzene rings is 1. The second kappa shape index (κ2) is 7.19. The third-order valence-corrected chi connectivity index (χ3v) is 4.32. The second-order valence-corrected chi connectivity index (χ2v) is 6.02. The van der Waals surface area contributed by atoms with Crippen molar-refractivity contribution in [1.29, 1.82) is 0 Å². The molecule has 1 aromatic heterocycles. The molecule has 2 amide bonds. The SMILES string of the molecule is CCOC1COCC1NC(=O)N(C)Cc1nc2ccccc2n1C. The Morgan fingerprint density at radius 1 is 1.46 bits per heavy atom. The number of aromatic nitrogens is 2. The van der Waals surface area contributed by atoms with Gasteiger partial charge < -0.3 is 24.3 Å². The Bertz CT molecular complexity index is 715. The number of imidazole rings is 1. The quantitative estimate of drug-likeness (QED) is 0.901. The van der Waals surface area contributed by atoms with E-state index in [-0.39, 0.29) is 18.2 Å². The van der Waals surface area contributed by atoms with E-state index in [0.717, 1.165) is 16.9 Å². The minimum absolute atomic E-state index is 0.0805. The molecule has 1 aliphatic rings. The lowest BCUT2D eigenvalue weighted by atomic mass is 10.2. The maximum Gasteiger partial charge on any atom is 0.317 e. The number of amides is 2. The Kier molecular flexibility index (Phi) is 5.01. The van der Waals surface area contributed by atoms with E-state index in [1.54, 1.807) is 11.9 Å². The van der Waals surface area contributed by atoms with Crippen molar-refractivity contribution in [3.05, 3.63) is 30.1 Å². The van der Waals surface area contributed by atoms with Crippen LogP contribution in [0.3, 0.4) is 0 Å². The standard InChI is InChI=1S/C17H24N4O3/c1-4-24-15-11-23-10-13(15)19-17(22)20(2)9-16-18-12-7-5-6-8-14(12)21(16)3/h5-8,13,15H,4,9-11H2,1-3H3,(H,19,22). The molecule has 2 atom stereocenters. The van der Waals surface area contributed by atoms with Crippen LogP contribution in [0, 0.1) is 0 Å². The van der Waals surface area contributed by atoms with Crippen LogP contribution in [0.1, 0.15) is 12.7 Å². The summed E-state index contributed by atoms with van der Waals surface area (Å²) >= 11 is 0. The third-order valence-electron chi connectivity index (χ3n) is 4.32. The van der Waals surface area contributed by atoms with Gasteiger partial charge in [0.25, 0.3) is 0 Å². The monoisotopic (exact) mass is 332 g/mol. The van der Waals surface area contributed by atoms with Gasteiger partial charge in [-0.15, -0.1) is 0 Å². The summed E-state index contributed by atoms with van der Waals surface area (Å²) in [4.78, 5) is 18.7. The van der Waals surface area contributed by atoms with Gasteiger partial charge >= 0.3 is 6.03 Å². The first-order chi connectivity index (χ1) is 11.6. The van der Waals surface area contributed by atoms with Gasteiger partial charge in [0.05, 0.1) is 36.8 Å². The van der Waals surface area contributed by atoms with Gasteiger partial charge in [-0.2, -0.15) is 0 Å². The number of para-hydroxylation sites is 2.